The zero-order chi connectivity index (χ0) is 31.4. The molecule has 4 amide bonds. The predicted octanol–water partition coefficient (Wildman–Crippen LogP) is 2.54. The second-order valence-corrected chi connectivity index (χ2v) is 12.1. The standard InChI is InChI=1S/C32H41N7O5/c1-21(2)13-16-39-23-11-12-26-24(17-23)30(34-37(26)4)32(43)36(3)19-28(40)33-14-8-15-38(20-29(39)41)31(42)25-18-27(44-35-25)22-9-6-5-7-10-22/h5-7,9-10,18,21,23H,8,11-17,19-20H2,1-4H3,(H,33,40). The first-order valence-corrected chi connectivity index (χ1v) is 15.3. The molecule has 1 atom stereocenters. The zero-order valence-corrected chi connectivity index (χ0v) is 25.9. The van der Waals surface area contributed by atoms with Crippen molar-refractivity contribution in [1.82, 2.24) is 35.0 Å². The maximum absolute atomic E-state index is 14.1. The number of hydrogen-bond donors (Lipinski definition) is 1. The van der Waals surface area contributed by atoms with Crippen LogP contribution in [-0.2, 0) is 29.5 Å². The van der Waals surface area contributed by atoms with Gasteiger partial charge in [-0.15, -0.1) is 0 Å². The molecule has 0 radical (unpaired) electrons. The summed E-state index contributed by atoms with van der Waals surface area (Å²) in [5.74, 6) is -0.364. The van der Waals surface area contributed by atoms with E-state index in [1.165, 1.54) is 9.80 Å². The summed E-state index contributed by atoms with van der Waals surface area (Å²) >= 11 is 0. The Morgan fingerprint density at radius 1 is 1.11 bits per heavy atom. The lowest BCUT2D eigenvalue weighted by Crippen LogP contribution is -2.50. The van der Waals surface area contributed by atoms with Crippen LogP contribution in [0.1, 0.15) is 65.3 Å². The van der Waals surface area contributed by atoms with E-state index >= 15 is 0 Å². The number of fused-ring (bicyclic) bond motifs is 1. The van der Waals surface area contributed by atoms with Crippen LogP contribution < -0.4 is 5.32 Å². The molecule has 1 aliphatic heterocycles. The van der Waals surface area contributed by atoms with Gasteiger partial charge in [-0.1, -0.05) is 49.3 Å². The fourth-order valence-electron chi connectivity index (χ4n) is 5.92. The molecular weight excluding hydrogens is 562 g/mol. The fourth-order valence-corrected chi connectivity index (χ4v) is 5.92. The minimum absolute atomic E-state index is 0.115. The van der Waals surface area contributed by atoms with E-state index in [1.807, 2.05) is 42.3 Å². The van der Waals surface area contributed by atoms with Crippen LogP contribution in [0.2, 0.25) is 0 Å². The first-order chi connectivity index (χ1) is 21.1. The monoisotopic (exact) mass is 603 g/mol. The normalized spacial score (nSPS) is 18.6. The number of likely N-dealkylation sites (N-methyl/N-ethyl adjacent to an activating group) is 1. The molecule has 2 aliphatic rings. The van der Waals surface area contributed by atoms with E-state index in [0.29, 0.717) is 43.2 Å². The molecule has 234 valence electrons. The average molecular weight is 604 g/mol. The molecule has 12 nitrogen and oxygen atoms in total. The Kier molecular flexibility index (Phi) is 9.46. The third-order valence-electron chi connectivity index (χ3n) is 8.40. The summed E-state index contributed by atoms with van der Waals surface area (Å²) in [4.78, 5) is 58.7. The van der Waals surface area contributed by atoms with E-state index in [1.54, 1.807) is 17.8 Å². The van der Waals surface area contributed by atoms with Crippen molar-refractivity contribution in [3.8, 4) is 11.3 Å². The quantitative estimate of drug-likeness (QED) is 0.474. The van der Waals surface area contributed by atoms with Gasteiger partial charge in [0.1, 0.15) is 6.54 Å². The highest BCUT2D eigenvalue weighted by molar-refractivity contribution is 5.97. The van der Waals surface area contributed by atoms with E-state index in [4.69, 9.17) is 4.52 Å². The lowest BCUT2D eigenvalue weighted by atomic mass is 9.89. The summed E-state index contributed by atoms with van der Waals surface area (Å²) in [6, 6.07) is 10.8. The van der Waals surface area contributed by atoms with E-state index < -0.39 is 5.91 Å². The Hall–Kier alpha value is -4.48. The van der Waals surface area contributed by atoms with Crippen molar-refractivity contribution >= 4 is 23.6 Å². The topological polar surface area (TPSA) is 134 Å². The molecule has 0 saturated heterocycles. The van der Waals surface area contributed by atoms with Crippen molar-refractivity contribution < 1.29 is 23.7 Å². The summed E-state index contributed by atoms with van der Waals surface area (Å²) < 4.78 is 7.23. The van der Waals surface area contributed by atoms with Crippen LogP contribution in [0.4, 0.5) is 0 Å². The van der Waals surface area contributed by atoms with Crippen molar-refractivity contribution in [1.29, 1.82) is 0 Å². The van der Waals surface area contributed by atoms with E-state index in [9.17, 15) is 19.2 Å². The van der Waals surface area contributed by atoms with E-state index in [-0.39, 0.29) is 55.6 Å². The van der Waals surface area contributed by atoms with Gasteiger partial charge in [0.2, 0.25) is 11.8 Å². The Morgan fingerprint density at radius 3 is 2.64 bits per heavy atom. The second kappa shape index (κ2) is 13.4. The van der Waals surface area contributed by atoms with Gasteiger partial charge in [-0.25, -0.2) is 0 Å². The molecule has 3 heterocycles. The molecule has 1 unspecified atom stereocenters. The number of hydrogen-bond acceptors (Lipinski definition) is 7. The minimum Gasteiger partial charge on any atom is -0.355 e. The van der Waals surface area contributed by atoms with Crippen LogP contribution in [0.3, 0.4) is 0 Å². The largest absolute Gasteiger partial charge is 0.355 e. The number of amides is 4. The van der Waals surface area contributed by atoms with E-state index in [0.717, 1.165) is 29.7 Å². The van der Waals surface area contributed by atoms with Crippen LogP contribution >= 0.6 is 0 Å². The Labute approximate surface area is 257 Å². The summed E-state index contributed by atoms with van der Waals surface area (Å²) in [7, 11) is 3.41. The Bertz CT molecular complexity index is 1510. The Balaban J connectivity index is 1.45. The van der Waals surface area contributed by atoms with Crippen molar-refractivity contribution in [2.75, 3.05) is 39.8 Å². The molecule has 12 heteroatoms. The highest BCUT2D eigenvalue weighted by atomic mass is 16.5. The van der Waals surface area contributed by atoms with Gasteiger partial charge >= 0.3 is 0 Å². The maximum atomic E-state index is 14.1. The maximum Gasteiger partial charge on any atom is 0.276 e. The number of nitrogens with one attached hydrogen (secondary N) is 1. The minimum atomic E-state index is -0.411. The molecule has 1 aliphatic carbocycles. The summed E-state index contributed by atoms with van der Waals surface area (Å²) in [5, 5.41) is 11.4. The molecule has 2 bridgehead atoms. The molecular formula is C32H41N7O5. The van der Waals surface area contributed by atoms with Gasteiger partial charge in [-0.05, 0) is 38.0 Å². The molecule has 3 aromatic rings. The molecule has 1 aromatic carbocycles. The van der Waals surface area contributed by atoms with Crippen molar-refractivity contribution in [3.63, 3.8) is 0 Å². The van der Waals surface area contributed by atoms with Gasteiger partial charge in [0, 0.05) is 62.7 Å². The van der Waals surface area contributed by atoms with Crippen LogP contribution in [0.5, 0.6) is 0 Å². The van der Waals surface area contributed by atoms with Gasteiger partial charge < -0.3 is 24.5 Å². The van der Waals surface area contributed by atoms with Crippen LogP contribution in [0.25, 0.3) is 11.3 Å². The fraction of sp³-hybridized carbons (Fsp3) is 0.500. The van der Waals surface area contributed by atoms with Gasteiger partial charge in [-0.3, -0.25) is 23.9 Å². The summed E-state index contributed by atoms with van der Waals surface area (Å²) in [5.41, 5.74) is 3.02. The third-order valence-corrected chi connectivity index (χ3v) is 8.40. The van der Waals surface area contributed by atoms with E-state index in [2.05, 4.69) is 29.4 Å². The number of carbonyl (C=O) groups excluding carboxylic acids is 4. The van der Waals surface area contributed by atoms with Gasteiger partial charge in [0.15, 0.2) is 17.1 Å². The summed E-state index contributed by atoms with van der Waals surface area (Å²) in [6.45, 7) is 5.03. The van der Waals surface area contributed by atoms with Crippen molar-refractivity contribution in [2.45, 2.75) is 52.0 Å². The first kappa shape index (κ1) is 31.0. The summed E-state index contributed by atoms with van der Waals surface area (Å²) in [6.07, 6.45) is 3.08. The smallest absolute Gasteiger partial charge is 0.276 e. The average Bonchev–Trinajstić information content (AvgIpc) is 3.63. The molecule has 0 fully saturated rings. The lowest BCUT2D eigenvalue weighted by Gasteiger charge is -2.36. The first-order valence-electron chi connectivity index (χ1n) is 15.3. The Morgan fingerprint density at radius 2 is 1.89 bits per heavy atom. The number of rotatable bonds is 5. The highest BCUT2D eigenvalue weighted by Gasteiger charge is 2.35. The third kappa shape index (κ3) is 6.84. The van der Waals surface area contributed by atoms with Crippen molar-refractivity contribution in [2.24, 2.45) is 13.0 Å². The molecule has 0 spiro atoms. The highest BCUT2D eigenvalue weighted by Crippen LogP contribution is 2.29. The van der Waals surface area contributed by atoms with Crippen LogP contribution in [0.15, 0.2) is 40.9 Å². The van der Waals surface area contributed by atoms with Crippen molar-refractivity contribution in [3.05, 3.63) is 59.0 Å². The number of benzene rings is 1. The number of carbonyl (C=O) groups is 4. The predicted molar refractivity (Wildman–Crippen MR) is 163 cm³/mol. The SMILES string of the molecule is CC(C)CCN1C(=O)CN(C(=O)c2cc(-c3ccccc3)on2)CCCNC(=O)CN(C)C(=O)c2nn(C)c3c2CC1CC3. The molecule has 1 N–H and O–H groups in total. The number of aromatic nitrogens is 3. The van der Waals surface area contributed by atoms with Gasteiger partial charge in [0.05, 0.1) is 6.54 Å². The number of aryl methyl sites for hydroxylation is 1. The zero-order valence-electron chi connectivity index (χ0n) is 25.9. The second-order valence-electron chi connectivity index (χ2n) is 12.1. The molecule has 44 heavy (non-hydrogen) atoms. The van der Waals surface area contributed by atoms with Gasteiger partial charge in [-0.2, -0.15) is 5.10 Å². The van der Waals surface area contributed by atoms with Crippen LogP contribution in [-0.4, -0.2) is 99.1 Å². The molecule has 5 rings (SSSR count). The van der Waals surface area contributed by atoms with Gasteiger partial charge in [0.25, 0.3) is 11.8 Å². The lowest BCUT2D eigenvalue weighted by molar-refractivity contribution is -0.134. The molecule has 0 saturated carbocycles. The van der Waals surface area contributed by atoms with Crippen LogP contribution in [0, 0.1) is 5.92 Å². The number of nitrogens with zero attached hydrogens (tertiary/aromatic N) is 6. The molecule has 2 aromatic heterocycles.